The molecule has 3 rings (SSSR count). The largest absolute Gasteiger partial charge is 0.322 e. The van der Waals surface area contributed by atoms with Crippen LogP contribution in [0.3, 0.4) is 0 Å². The highest BCUT2D eigenvalue weighted by Gasteiger charge is 2.17. The van der Waals surface area contributed by atoms with Gasteiger partial charge in [0.2, 0.25) is 0 Å². The Morgan fingerprint density at radius 1 is 1.24 bits per heavy atom. The first-order valence-corrected chi connectivity index (χ1v) is 7.06. The zero-order valence-electron chi connectivity index (χ0n) is 11.6. The Hall–Kier alpha value is -1.91. The van der Waals surface area contributed by atoms with Gasteiger partial charge in [0.1, 0.15) is 5.82 Å². The molecule has 1 aromatic heterocycles. The summed E-state index contributed by atoms with van der Waals surface area (Å²) in [6, 6.07) is 12.3. The summed E-state index contributed by atoms with van der Waals surface area (Å²) in [6.07, 6.45) is 0.442. The van der Waals surface area contributed by atoms with E-state index < -0.39 is 5.82 Å². The van der Waals surface area contributed by atoms with Gasteiger partial charge in [-0.25, -0.2) is 4.39 Å². The number of para-hydroxylation sites is 1. The van der Waals surface area contributed by atoms with Crippen molar-refractivity contribution in [3.8, 4) is 0 Å². The van der Waals surface area contributed by atoms with Crippen molar-refractivity contribution < 1.29 is 4.39 Å². The Balaban J connectivity index is 1.98. The summed E-state index contributed by atoms with van der Waals surface area (Å²) in [5.41, 5.74) is 8.78. The molecule has 0 radical (unpaired) electrons. The maximum atomic E-state index is 13.5. The molecule has 3 nitrogen and oxygen atoms in total. The Morgan fingerprint density at radius 2 is 2.00 bits per heavy atom. The lowest BCUT2D eigenvalue weighted by atomic mass is 10.0. The van der Waals surface area contributed by atoms with Gasteiger partial charge in [0, 0.05) is 12.4 Å². The van der Waals surface area contributed by atoms with Gasteiger partial charge in [-0.2, -0.15) is 5.10 Å². The molecule has 2 N–H and O–H groups in total. The molecule has 0 spiro atoms. The van der Waals surface area contributed by atoms with Crippen molar-refractivity contribution in [2.24, 2.45) is 12.8 Å². The van der Waals surface area contributed by atoms with Crippen LogP contribution in [-0.4, -0.2) is 9.78 Å². The molecule has 1 heterocycles. The molecule has 108 valence electrons. The molecule has 3 aromatic rings. The molecule has 21 heavy (non-hydrogen) atoms. The van der Waals surface area contributed by atoms with E-state index in [1.54, 1.807) is 16.8 Å². The molecule has 0 fully saturated rings. The predicted molar refractivity (Wildman–Crippen MR) is 82.8 cm³/mol. The Morgan fingerprint density at radius 3 is 2.81 bits per heavy atom. The standard InChI is InChI=1S/C16H15ClFN3/c1-21-14-8-3-2-6-11(14)16(20-21)13(19)9-10-5-4-7-12(18)15(10)17/h2-8,13H,9,19H2,1H3. The van der Waals surface area contributed by atoms with Crippen LogP contribution in [0.2, 0.25) is 5.02 Å². The maximum absolute atomic E-state index is 13.5. The van der Waals surface area contributed by atoms with Crippen LogP contribution in [0.25, 0.3) is 10.9 Å². The van der Waals surface area contributed by atoms with E-state index in [-0.39, 0.29) is 11.1 Å². The SMILES string of the molecule is Cn1nc(C(N)Cc2cccc(F)c2Cl)c2ccccc21. The van der Waals surface area contributed by atoms with Crippen molar-refractivity contribution in [2.45, 2.75) is 12.5 Å². The monoisotopic (exact) mass is 303 g/mol. The van der Waals surface area contributed by atoms with Gasteiger partial charge in [0.25, 0.3) is 0 Å². The summed E-state index contributed by atoms with van der Waals surface area (Å²) in [6.45, 7) is 0. The van der Waals surface area contributed by atoms with Crippen molar-refractivity contribution in [3.63, 3.8) is 0 Å². The fourth-order valence-electron chi connectivity index (χ4n) is 2.56. The number of hydrogen-bond acceptors (Lipinski definition) is 2. The van der Waals surface area contributed by atoms with Gasteiger partial charge in [-0.1, -0.05) is 41.9 Å². The number of nitrogens with zero attached hydrogens (tertiary/aromatic N) is 2. The number of aryl methyl sites for hydroxylation is 1. The fourth-order valence-corrected chi connectivity index (χ4v) is 2.76. The highest BCUT2D eigenvalue weighted by Crippen LogP contribution is 2.27. The third-order valence-electron chi connectivity index (χ3n) is 3.61. The Kier molecular flexibility index (Phi) is 3.66. The molecular weight excluding hydrogens is 289 g/mol. The van der Waals surface area contributed by atoms with Crippen molar-refractivity contribution in [2.75, 3.05) is 0 Å². The fraction of sp³-hybridized carbons (Fsp3) is 0.188. The predicted octanol–water partition coefficient (Wildman–Crippen LogP) is 3.61. The average molecular weight is 304 g/mol. The van der Waals surface area contributed by atoms with Gasteiger partial charge in [0.15, 0.2) is 0 Å². The molecule has 5 heteroatoms. The van der Waals surface area contributed by atoms with E-state index >= 15 is 0 Å². The second-order valence-electron chi connectivity index (χ2n) is 5.05. The van der Waals surface area contributed by atoms with Crippen LogP contribution in [0.15, 0.2) is 42.5 Å². The summed E-state index contributed by atoms with van der Waals surface area (Å²) < 4.78 is 15.3. The van der Waals surface area contributed by atoms with Crippen LogP contribution in [-0.2, 0) is 13.5 Å². The van der Waals surface area contributed by atoms with Crippen molar-refractivity contribution in [3.05, 3.63) is 64.6 Å². The number of rotatable bonds is 3. The quantitative estimate of drug-likeness (QED) is 0.803. The van der Waals surface area contributed by atoms with Gasteiger partial charge < -0.3 is 5.73 Å². The van der Waals surface area contributed by atoms with E-state index in [9.17, 15) is 4.39 Å². The van der Waals surface area contributed by atoms with Crippen molar-refractivity contribution in [1.29, 1.82) is 0 Å². The molecule has 0 aliphatic carbocycles. The lowest BCUT2D eigenvalue weighted by Crippen LogP contribution is -2.15. The van der Waals surface area contributed by atoms with Crippen LogP contribution in [0, 0.1) is 5.82 Å². The molecular formula is C16H15ClFN3. The number of aromatic nitrogens is 2. The maximum Gasteiger partial charge on any atom is 0.142 e. The van der Waals surface area contributed by atoms with E-state index in [4.69, 9.17) is 17.3 Å². The van der Waals surface area contributed by atoms with Crippen LogP contribution < -0.4 is 5.73 Å². The summed E-state index contributed by atoms with van der Waals surface area (Å²) in [5, 5.41) is 5.64. The lowest BCUT2D eigenvalue weighted by molar-refractivity contribution is 0.619. The Bertz CT molecular complexity index is 797. The number of halogens is 2. The van der Waals surface area contributed by atoms with Gasteiger partial charge in [-0.05, 0) is 24.1 Å². The first-order valence-electron chi connectivity index (χ1n) is 6.68. The third-order valence-corrected chi connectivity index (χ3v) is 4.03. The topological polar surface area (TPSA) is 43.8 Å². The summed E-state index contributed by atoms with van der Waals surface area (Å²) >= 11 is 5.99. The number of nitrogens with two attached hydrogens (primary N) is 1. The molecule has 1 atom stereocenters. The third kappa shape index (κ3) is 2.52. The molecule has 0 amide bonds. The van der Waals surface area contributed by atoms with Gasteiger partial charge in [-0.3, -0.25) is 4.68 Å². The van der Waals surface area contributed by atoms with Gasteiger partial charge in [0.05, 0.1) is 22.3 Å². The summed E-state index contributed by atoms with van der Waals surface area (Å²) in [4.78, 5) is 0. The van der Waals surface area contributed by atoms with E-state index in [1.807, 2.05) is 31.3 Å². The molecule has 0 saturated carbocycles. The first kappa shape index (κ1) is 14.0. The van der Waals surface area contributed by atoms with Crippen LogP contribution in [0.1, 0.15) is 17.3 Å². The van der Waals surface area contributed by atoms with E-state index in [0.29, 0.717) is 12.0 Å². The zero-order chi connectivity index (χ0) is 15.0. The first-order chi connectivity index (χ1) is 10.1. The highest BCUT2D eigenvalue weighted by atomic mass is 35.5. The van der Waals surface area contributed by atoms with Crippen LogP contribution in [0.5, 0.6) is 0 Å². The summed E-state index contributed by atoms with van der Waals surface area (Å²) in [7, 11) is 1.88. The van der Waals surface area contributed by atoms with Gasteiger partial charge >= 0.3 is 0 Å². The smallest absolute Gasteiger partial charge is 0.142 e. The number of hydrogen-bond donors (Lipinski definition) is 1. The van der Waals surface area contributed by atoms with E-state index in [2.05, 4.69) is 5.10 Å². The van der Waals surface area contributed by atoms with E-state index in [1.165, 1.54) is 6.07 Å². The normalized spacial score (nSPS) is 12.8. The molecule has 0 aliphatic heterocycles. The average Bonchev–Trinajstić information content (AvgIpc) is 2.82. The lowest BCUT2D eigenvalue weighted by Gasteiger charge is -2.11. The molecule has 2 aromatic carbocycles. The minimum absolute atomic E-state index is 0.133. The number of fused-ring (bicyclic) bond motifs is 1. The molecule has 0 aliphatic rings. The van der Waals surface area contributed by atoms with Crippen LogP contribution >= 0.6 is 11.6 Å². The molecule has 1 unspecified atom stereocenters. The van der Waals surface area contributed by atoms with Gasteiger partial charge in [-0.15, -0.1) is 0 Å². The Labute approximate surface area is 127 Å². The minimum atomic E-state index is -0.424. The summed E-state index contributed by atoms with van der Waals surface area (Å²) in [5.74, 6) is -0.424. The minimum Gasteiger partial charge on any atom is -0.322 e. The van der Waals surface area contributed by atoms with Crippen molar-refractivity contribution >= 4 is 22.5 Å². The van der Waals surface area contributed by atoms with E-state index in [0.717, 1.165) is 16.6 Å². The molecule has 0 bridgehead atoms. The zero-order valence-corrected chi connectivity index (χ0v) is 12.3. The number of benzene rings is 2. The molecule has 0 saturated heterocycles. The second kappa shape index (κ2) is 5.47. The second-order valence-corrected chi connectivity index (χ2v) is 5.43. The highest BCUT2D eigenvalue weighted by molar-refractivity contribution is 6.31. The van der Waals surface area contributed by atoms with Crippen molar-refractivity contribution in [1.82, 2.24) is 9.78 Å². The van der Waals surface area contributed by atoms with Crippen LogP contribution in [0.4, 0.5) is 4.39 Å².